The second kappa shape index (κ2) is 5.67. The molecule has 4 heteroatoms. The molecule has 92 valence electrons. The maximum atomic E-state index is 12.9. The van der Waals surface area contributed by atoms with E-state index in [0.29, 0.717) is 5.69 Å². The van der Waals surface area contributed by atoms with Gasteiger partial charge in [0.05, 0.1) is 0 Å². The molecule has 16 heavy (non-hydrogen) atoms. The smallest absolute Gasteiger partial charge is 0.383 e. The standard InChI is InChI=1S/C12H19ClFNO/c1-4-6-8-12(3,7-5-2)9-10(13)16-11(14)15-9/h4-8H2,1-3H3. The molecule has 1 aromatic rings. The Morgan fingerprint density at radius 3 is 2.44 bits per heavy atom. The van der Waals surface area contributed by atoms with Crippen molar-refractivity contribution in [1.29, 1.82) is 0 Å². The molecule has 0 aliphatic carbocycles. The number of nitrogens with zero attached hydrogens (tertiary/aromatic N) is 1. The first kappa shape index (κ1) is 13.5. The van der Waals surface area contributed by atoms with Gasteiger partial charge in [0, 0.05) is 5.41 Å². The third kappa shape index (κ3) is 2.97. The summed E-state index contributed by atoms with van der Waals surface area (Å²) in [6.45, 7) is 6.32. The van der Waals surface area contributed by atoms with E-state index in [1.54, 1.807) is 0 Å². The molecular weight excluding hydrogens is 229 g/mol. The van der Waals surface area contributed by atoms with Crippen molar-refractivity contribution >= 4 is 11.6 Å². The molecule has 0 aliphatic rings. The minimum absolute atomic E-state index is 0.101. The molecule has 0 bridgehead atoms. The van der Waals surface area contributed by atoms with Gasteiger partial charge in [0.25, 0.3) is 0 Å². The molecule has 0 aliphatic heterocycles. The molecule has 0 radical (unpaired) electrons. The summed E-state index contributed by atoms with van der Waals surface area (Å²) < 4.78 is 17.6. The topological polar surface area (TPSA) is 26.0 Å². The van der Waals surface area contributed by atoms with Gasteiger partial charge >= 0.3 is 6.14 Å². The Balaban J connectivity index is 2.95. The molecule has 0 aromatic carbocycles. The largest absolute Gasteiger partial charge is 0.403 e. The fourth-order valence-electron chi connectivity index (χ4n) is 2.13. The van der Waals surface area contributed by atoms with Crippen molar-refractivity contribution < 1.29 is 8.81 Å². The normalized spacial score (nSPS) is 15.1. The van der Waals surface area contributed by atoms with Crippen molar-refractivity contribution in [3.63, 3.8) is 0 Å². The maximum absolute atomic E-state index is 12.9. The van der Waals surface area contributed by atoms with Crippen LogP contribution in [0.25, 0.3) is 0 Å². The van der Waals surface area contributed by atoms with Gasteiger partial charge in [-0.3, -0.25) is 0 Å². The lowest BCUT2D eigenvalue weighted by atomic mass is 9.78. The number of hydrogen-bond acceptors (Lipinski definition) is 2. The first-order valence-corrected chi connectivity index (χ1v) is 6.23. The molecule has 1 heterocycles. The third-order valence-electron chi connectivity index (χ3n) is 3.02. The van der Waals surface area contributed by atoms with Gasteiger partial charge in [0.2, 0.25) is 5.22 Å². The van der Waals surface area contributed by atoms with E-state index in [1.165, 1.54) is 0 Å². The zero-order valence-electron chi connectivity index (χ0n) is 10.1. The van der Waals surface area contributed by atoms with Gasteiger partial charge < -0.3 is 4.42 Å². The van der Waals surface area contributed by atoms with Gasteiger partial charge in [-0.1, -0.05) is 40.0 Å². The van der Waals surface area contributed by atoms with Crippen LogP contribution in [0.4, 0.5) is 4.39 Å². The Morgan fingerprint density at radius 1 is 1.31 bits per heavy atom. The summed E-state index contributed by atoms with van der Waals surface area (Å²) in [5.74, 6) is 0. The van der Waals surface area contributed by atoms with E-state index in [1.807, 2.05) is 0 Å². The van der Waals surface area contributed by atoms with Crippen LogP contribution in [0, 0.1) is 6.14 Å². The highest BCUT2D eigenvalue weighted by atomic mass is 35.5. The van der Waals surface area contributed by atoms with Crippen LogP contribution in [0.3, 0.4) is 0 Å². The Bertz CT molecular complexity index is 340. The van der Waals surface area contributed by atoms with Gasteiger partial charge in [0.15, 0.2) is 0 Å². The van der Waals surface area contributed by atoms with Crippen molar-refractivity contribution in [3.05, 3.63) is 17.1 Å². The van der Waals surface area contributed by atoms with Crippen molar-refractivity contribution in [2.24, 2.45) is 0 Å². The summed E-state index contributed by atoms with van der Waals surface area (Å²) in [7, 11) is 0. The molecule has 0 spiro atoms. The van der Waals surface area contributed by atoms with Crippen molar-refractivity contribution in [2.75, 3.05) is 0 Å². The van der Waals surface area contributed by atoms with E-state index in [9.17, 15) is 4.39 Å². The average Bonchev–Trinajstić information content (AvgIpc) is 2.56. The van der Waals surface area contributed by atoms with E-state index in [4.69, 9.17) is 11.6 Å². The first-order valence-electron chi connectivity index (χ1n) is 5.85. The van der Waals surface area contributed by atoms with Crippen LogP contribution in [-0.4, -0.2) is 4.98 Å². The zero-order valence-corrected chi connectivity index (χ0v) is 10.9. The Morgan fingerprint density at radius 2 is 2.00 bits per heavy atom. The lowest BCUT2D eigenvalue weighted by Crippen LogP contribution is -2.22. The van der Waals surface area contributed by atoms with Gasteiger partial charge in [0.1, 0.15) is 5.69 Å². The highest BCUT2D eigenvalue weighted by Crippen LogP contribution is 2.37. The van der Waals surface area contributed by atoms with Crippen LogP contribution in [0.15, 0.2) is 4.42 Å². The average molecular weight is 248 g/mol. The molecule has 0 fully saturated rings. The van der Waals surface area contributed by atoms with E-state index < -0.39 is 6.14 Å². The number of unbranched alkanes of at least 4 members (excludes halogenated alkanes) is 1. The van der Waals surface area contributed by atoms with Gasteiger partial charge in [-0.25, -0.2) is 0 Å². The Labute approximate surface area is 101 Å². The van der Waals surface area contributed by atoms with Crippen LogP contribution in [0.2, 0.25) is 5.22 Å². The van der Waals surface area contributed by atoms with E-state index in [0.717, 1.165) is 32.1 Å². The summed E-state index contributed by atoms with van der Waals surface area (Å²) in [5.41, 5.74) is 0.400. The lowest BCUT2D eigenvalue weighted by Gasteiger charge is -2.27. The van der Waals surface area contributed by atoms with Crippen LogP contribution in [-0.2, 0) is 5.41 Å². The van der Waals surface area contributed by atoms with Crippen molar-refractivity contribution in [2.45, 2.75) is 58.3 Å². The summed E-state index contributed by atoms with van der Waals surface area (Å²) in [6, 6.07) is 0. The minimum Gasteiger partial charge on any atom is -0.403 e. The van der Waals surface area contributed by atoms with Crippen molar-refractivity contribution in [3.8, 4) is 0 Å². The lowest BCUT2D eigenvalue weighted by molar-refractivity contribution is 0.337. The van der Waals surface area contributed by atoms with Gasteiger partial charge in [-0.2, -0.15) is 4.98 Å². The second-order valence-electron chi connectivity index (χ2n) is 4.50. The highest BCUT2D eigenvalue weighted by Gasteiger charge is 2.32. The number of rotatable bonds is 6. The number of hydrogen-bond donors (Lipinski definition) is 0. The molecule has 0 saturated carbocycles. The number of aromatic nitrogens is 1. The van der Waals surface area contributed by atoms with E-state index in [2.05, 4.69) is 30.2 Å². The fraction of sp³-hybridized carbons (Fsp3) is 0.750. The number of halogens is 2. The summed E-state index contributed by atoms with van der Waals surface area (Å²) >= 11 is 5.87. The summed E-state index contributed by atoms with van der Waals surface area (Å²) in [4.78, 5) is 3.79. The molecule has 1 rings (SSSR count). The van der Waals surface area contributed by atoms with Crippen LogP contribution in [0.1, 0.15) is 58.6 Å². The Hall–Kier alpha value is -0.570. The molecule has 1 atom stereocenters. The first-order chi connectivity index (χ1) is 7.53. The summed E-state index contributed by atoms with van der Waals surface area (Å²) in [5, 5.41) is 0.101. The maximum Gasteiger partial charge on any atom is 0.383 e. The van der Waals surface area contributed by atoms with Crippen LogP contribution < -0.4 is 0 Å². The van der Waals surface area contributed by atoms with E-state index in [-0.39, 0.29) is 10.6 Å². The predicted octanol–water partition coefficient (Wildman–Crippen LogP) is 4.72. The molecule has 1 unspecified atom stereocenters. The quantitative estimate of drug-likeness (QED) is 0.727. The fourth-order valence-corrected chi connectivity index (χ4v) is 2.46. The SMILES string of the molecule is CCCCC(C)(CCC)c1nc(F)oc1Cl. The van der Waals surface area contributed by atoms with Gasteiger partial charge in [-0.15, -0.1) is 4.39 Å². The predicted molar refractivity (Wildman–Crippen MR) is 63.3 cm³/mol. The minimum atomic E-state index is -0.834. The van der Waals surface area contributed by atoms with Gasteiger partial charge in [-0.05, 0) is 24.4 Å². The molecule has 2 nitrogen and oxygen atoms in total. The molecule has 0 saturated heterocycles. The third-order valence-corrected chi connectivity index (χ3v) is 3.27. The molecule has 0 N–H and O–H groups in total. The van der Waals surface area contributed by atoms with Crippen LogP contribution in [0.5, 0.6) is 0 Å². The molecule has 1 aromatic heterocycles. The van der Waals surface area contributed by atoms with Crippen molar-refractivity contribution in [1.82, 2.24) is 4.98 Å². The van der Waals surface area contributed by atoms with E-state index >= 15 is 0 Å². The zero-order chi connectivity index (χ0) is 12.2. The summed E-state index contributed by atoms with van der Waals surface area (Å²) in [6.07, 6.45) is 4.28. The monoisotopic (exact) mass is 247 g/mol. The number of oxazole rings is 1. The second-order valence-corrected chi connectivity index (χ2v) is 4.85. The highest BCUT2D eigenvalue weighted by molar-refractivity contribution is 6.29. The molecule has 0 amide bonds. The Kier molecular flexibility index (Phi) is 4.78. The van der Waals surface area contributed by atoms with Crippen LogP contribution >= 0.6 is 11.6 Å². The molecular formula is C12H19ClFNO.